The normalized spacial score (nSPS) is 14.4. The standard InChI is InChI=1S/C11H16FN3O/c1-3-11(14-2,6-10(13)16)9-5-4-8(12)7-15-9/h4-5,7,14H,3,6H2,1-2H3,(H2,13,16). The number of halogens is 1. The molecule has 0 aliphatic carbocycles. The number of primary amides is 1. The second kappa shape index (κ2) is 5.03. The fourth-order valence-corrected chi connectivity index (χ4v) is 1.75. The Morgan fingerprint density at radius 3 is 2.69 bits per heavy atom. The molecular formula is C11H16FN3O. The van der Waals surface area contributed by atoms with Crippen LogP contribution < -0.4 is 11.1 Å². The first-order chi connectivity index (χ1) is 7.54. The molecule has 0 aliphatic heterocycles. The van der Waals surface area contributed by atoms with Gasteiger partial charge in [-0.25, -0.2) is 4.39 Å². The summed E-state index contributed by atoms with van der Waals surface area (Å²) in [5.41, 5.74) is 5.23. The molecule has 0 bridgehead atoms. The third kappa shape index (κ3) is 2.55. The Kier molecular flexibility index (Phi) is 3.95. The maximum atomic E-state index is 12.8. The van der Waals surface area contributed by atoms with Crippen LogP contribution in [0.1, 0.15) is 25.5 Å². The first kappa shape index (κ1) is 12.6. The molecule has 0 saturated heterocycles. The van der Waals surface area contributed by atoms with Crippen LogP contribution >= 0.6 is 0 Å². The highest BCUT2D eigenvalue weighted by atomic mass is 19.1. The van der Waals surface area contributed by atoms with Crippen molar-refractivity contribution in [3.63, 3.8) is 0 Å². The molecule has 1 rings (SSSR count). The number of nitrogens with zero attached hydrogens (tertiary/aromatic N) is 1. The first-order valence-electron chi connectivity index (χ1n) is 5.13. The Balaban J connectivity index is 3.09. The maximum absolute atomic E-state index is 12.8. The van der Waals surface area contributed by atoms with Gasteiger partial charge < -0.3 is 11.1 Å². The Bertz CT molecular complexity index is 360. The Hall–Kier alpha value is -1.49. The van der Waals surface area contributed by atoms with E-state index in [1.165, 1.54) is 6.07 Å². The van der Waals surface area contributed by atoms with Gasteiger partial charge >= 0.3 is 0 Å². The highest BCUT2D eigenvalue weighted by Gasteiger charge is 2.31. The highest BCUT2D eigenvalue weighted by Crippen LogP contribution is 2.26. The summed E-state index contributed by atoms with van der Waals surface area (Å²) in [6.07, 6.45) is 1.92. The third-order valence-electron chi connectivity index (χ3n) is 2.78. The molecule has 1 heterocycles. The van der Waals surface area contributed by atoms with E-state index < -0.39 is 17.3 Å². The number of carbonyl (C=O) groups is 1. The van der Waals surface area contributed by atoms with Gasteiger partial charge in [-0.3, -0.25) is 9.78 Å². The molecule has 1 aromatic rings. The quantitative estimate of drug-likeness (QED) is 0.783. The fourth-order valence-electron chi connectivity index (χ4n) is 1.75. The summed E-state index contributed by atoms with van der Waals surface area (Å²) < 4.78 is 12.8. The molecule has 3 N–H and O–H groups in total. The predicted octanol–water partition coefficient (Wildman–Crippen LogP) is 0.921. The molecule has 0 spiro atoms. The highest BCUT2D eigenvalue weighted by molar-refractivity contribution is 5.75. The molecule has 0 aliphatic rings. The molecule has 0 aromatic carbocycles. The lowest BCUT2D eigenvalue weighted by molar-refractivity contribution is -0.119. The van der Waals surface area contributed by atoms with Crippen LogP contribution in [0.3, 0.4) is 0 Å². The number of nitrogens with two attached hydrogens (primary N) is 1. The average Bonchev–Trinajstić information content (AvgIpc) is 2.27. The zero-order valence-corrected chi connectivity index (χ0v) is 9.46. The van der Waals surface area contributed by atoms with E-state index >= 15 is 0 Å². The largest absolute Gasteiger partial charge is 0.370 e. The number of pyridine rings is 1. The van der Waals surface area contributed by atoms with E-state index in [1.807, 2.05) is 6.92 Å². The van der Waals surface area contributed by atoms with Gasteiger partial charge in [0.15, 0.2) is 0 Å². The second-order valence-electron chi connectivity index (χ2n) is 3.69. The molecule has 0 radical (unpaired) electrons. The van der Waals surface area contributed by atoms with Crippen molar-refractivity contribution in [2.45, 2.75) is 25.3 Å². The van der Waals surface area contributed by atoms with Gasteiger partial charge in [-0.2, -0.15) is 0 Å². The molecule has 5 heteroatoms. The van der Waals surface area contributed by atoms with Gasteiger partial charge in [-0.05, 0) is 25.6 Å². The first-order valence-corrected chi connectivity index (χ1v) is 5.13. The van der Waals surface area contributed by atoms with Gasteiger partial charge in [0, 0.05) is 0 Å². The van der Waals surface area contributed by atoms with Crippen LogP contribution in [0.5, 0.6) is 0 Å². The van der Waals surface area contributed by atoms with Gasteiger partial charge in [0.1, 0.15) is 5.82 Å². The molecule has 1 unspecified atom stereocenters. The average molecular weight is 225 g/mol. The zero-order valence-electron chi connectivity index (χ0n) is 9.46. The van der Waals surface area contributed by atoms with Crippen molar-refractivity contribution in [1.29, 1.82) is 0 Å². The molecular weight excluding hydrogens is 209 g/mol. The predicted molar refractivity (Wildman–Crippen MR) is 59.0 cm³/mol. The summed E-state index contributed by atoms with van der Waals surface area (Å²) in [6.45, 7) is 1.92. The summed E-state index contributed by atoms with van der Waals surface area (Å²) >= 11 is 0. The van der Waals surface area contributed by atoms with E-state index in [-0.39, 0.29) is 6.42 Å². The summed E-state index contributed by atoms with van der Waals surface area (Å²) in [7, 11) is 1.73. The number of rotatable bonds is 5. The third-order valence-corrected chi connectivity index (χ3v) is 2.78. The van der Waals surface area contributed by atoms with Gasteiger partial charge in [-0.15, -0.1) is 0 Å². The molecule has 0 saturated carbocycles. The monoisotopic (exact) mass is 225 g/mol. The lowest BCUT2D eigenvalue weighted by Crippen LogP contribution is -2.43. The maximum Gasteiger partial charge on any atom is 0.219 e. The van der Waals surface area contributed by atoms with Crippen molar-refractivity contribution in [2.24, 2.45) is 5.73 Å². The number of hydrogen-bond donors (Lipinski definition) is 2. The van der Waals surface area contributed by atoms with E-state index in [4.69, 9.17) is 5.73 Å². The van der Waals surface area contributed by atoms with Crippen LogP contribution in [-0.4, -0.2) is 17.9 Å². The van der Waals surface area contributed by atoms with Crippen molar-refractivity contribution in [3.8, 4) is 0 Å². The summed E-state index contributed by atoms with van der Waals surface area (Å²) in [5.74, 6) is -0.814. The SMILES string of the molecule is CCC(CC(N)=O)(NC)c1ccc(F)cn1. The van der Waals surface area contributed by atoms with Crippen molar-refractivity contribution in [1.82, 2.24) is 10.3 Å². The van der Waals surface area contributed by atoms with Gasteiger partial charge in [0.05, 0.1) is 23.9 Å². The number of aromatic nitrogens is 1. The topological polar surface area (TPSA) is 68.0 Å². The lowest BCUT2D eigenvalue weighted by atomic mass is 9.87. The molecule has 4 nitrogen and oxygen atoms in total. The molecule has 88 valence electrons. The molecule has 1 aromatic heterocycles. The van der Waals surface area contributed by atoms with Crippen LogP contribution in [0, 0.1) is 5.82 Å². The van der Waals surface area contributed by atoms with E-state index in [9.17, 15) is 9.18 Å². The van der Waals surface area contributed by atoms with Crippen LogP contribution in [0.15, 0.2) is 18.3 Å². The molecule has 1 amide bonds. The fraction of sp³-hybridized carbons (Fsp3) is 0.455. The Labute approximate surface area is 94.1 Å². The number of nitrogens with one attached hydrogen (secondary N) is 1. The van der Waals surface area contributed by atoms with E-state index in [0.717, 1.165) is 6.20 Å². The van der Waals surface area contributed by atoms with E-state index in [0.29, 0.717) is 12.1 Å². The van der Waals surface area contributed by atoms with Gasteiger partial charge in [0.25, 0.3) is 0 Å². The lowest BCUT2D eigenvalue weighted by Gasteiger charge is -2.30. The van der Waals surface area contributed by atoms with E-state index in [2.05, 4.69) is 10.3 Å². The van der Waals surface area contributed by atoms with Crippen LogP contribution in [-0.2, 0) is 10.3 Å². The number of hydrogen-bond acceptors (Lipinski definition) is 3. The second-order valence-corrected chi connectivity index (χ2v) is 3.69. The van der Waals surface area contributed by atoms with Gasteiger partial charge in [0.2, 0.25) is 5.91 Å². The minimum Gasteiger partial charge on any atom is -0.370 e. The van der Waals surface area contributed by atoms with Crippen molar-refractivity contribution in [3.05, 3.63) is 29.8 Å². The van der Waals surface area contributed by atoms with Crippen LogP contribution in [0.4, 0.5) is 4.39 Å². The molecule has 1 atom stereocenters. The summed E-state index contributed by atoms with van der Waals surface area (Å²) in [4.78, 5) is 15.1. The molecule has 0 fully saturated rings. The zero-order chi connectivity index (χ0) is 12.2. The smallest absolute Gasteiger partial charge is 0.219 e. The van der Waals surface area contributed by atoms with E-state index in [1.54, 1.807) is 13.1 Å². The summed E-state index contributed by atoms with van der Waals surface area (Å²) in [6, 6.07) is 2.89. The molecule has 16 heavy (non-hydrogen) atoms. The van der Waals surface area contributed by atoms with Crippen molar-refractivity contribution in [2.75, 3.05) is 7.05 Å². The van der Waals surface area contributed by atoms with Crippen LogP contribution in [0.25, 0.3) is 0 Å². The Morgan fingerprint density at radius 1 is 1.62 bits per heavy atom. The van der Waals surface area contributed by atoms with Crippen LogP contribution in [0.2, 0.25) is 0 Å². The van der Waals surface area contributed by atoms with Crippen molar-refractivity contribution < 1.29 is 9.18 Å². The minimum absolute atomic E-state index is 0.138. The minimum atomic E-state index is -0.612. The Morgan fingerprint density at radius 2 is 2.31 bits per heavy atom. The van der Waals surface area contributed by atoms with Gasteiger partial charge in [-0.1, -0.05) is 6.92 Å². The van der Waals surface area contributed by atoms with Crippen molar-refractivity contribution >= 4 is 5.91 Å². The number of carbonyl (C=O) groups excluding carboxylic acids is 1. The summed E-state index contributed by atoms with van der Waals surface area (Å²) in [5, 5.41) is 3.05. The number of amides is 1.